The van der Waals surface area contributed by atoms with Crippen LogP contribution in [0.15, 0.2) is 35.5 Å². The Kier molecular flexibility index (Phi) is 10.6. The van der Waals surface area contributed by atoms with Crippen molar-refractivity contribution in [3.63, 3.8) is 0 Å². The van der Waals surface area contributed by atoms with Crippen LogP contribution in [0.5, 0.6) is 0 Å². The van der Waals surface area contributed by atoms with E-state index in [1.54, 1.807) is 0 Å². The molecule has 1 saturated heterocycles. The summed E-state index contributed by atoms with van der Waals surface area (Å²) in [4.78, 5) is 14.7. The molecule has 8 heteroatoms. The van der Waals surface area contributed by atoms with E-state index in [1.807, 2.05) is 0 Å². The second kappa shape index (κ2) is 14.1. The van der Waals surface area contributed by atoms with Crippen LogP contribution >= 0.6 is 0 Å². The first-order valence-electron chi connectivity index (χ1n) is 21.4. The average Bonchev–Trinajstić information content (AvgIpc) is 3.49. The number of hydrogen-bond acceptors (Lipinski definition) is 5. The van der Waals surface area contributed by atoms with Gasteiger partial charge in [0.25, 0.3) is 0 Å². The van der Waals surface area contributed by atoms with Crippen LogP contribution in [0.3, 0.4) is 0 Å². The molecule has 53 heavy (non-hydrogen) atoms. The predicted molar refractivity (Wildman–Crippen MR) is 213 cm³/mol. The third kappa shape index (κ3) is 6.19. The van der Waals surface area contributed by atoms with Crippen molar-refractivity contribution < 1.29 is 22.7 Å². The van der Waals surface area contributed by atoms with Crippen LogP contribution in [-0.4, -0.2) is 68.0 Å². The monoisotopic (exact) mass is 755 g/mol. The predicted octanol–water partition coefficient (Wildman–Crippen LogP) is 9.14. The molecule has 7 aliphatic rings. The maximum Gasteiger partial charge on any atom is 0.310 e. The first kappa shape index (κ1) is 39.7. The number of fused-ring (bicyclic) bond motifs is 7. The summed E-state index contributed by atoms with van der Waals surface area (Å²) < 4.78 is 36.6. The van der Waals surface area contributed by atoms with E-state index >= 15 is 0 Å². The molecule has 0 amide bonds. The molecule has 6 aliphatic carbocycles. The Morgan fingerprint density at radius 2 is 1.66 bits per heavy atom. The number of piperidine rings is 1. The molecular formula is C45H71FN2O4S. The zero-order valence-corrected chi connectivity index (χ0v) is 34.8. The van der Waals surface area contributed by atoms with Crippen molar-refractivity contribution >= 4 is 16.7 Å². The Morgan fingerprint density at radius 1 is 0.925 bits per heavy atom. The summed E-state index contributed by atoms with van der Waals surface area (Å²) in [6.07, 6.45) is 19.3. The number of carbonyl (C=O) groups is 1. The first-order valence-corrected chi connectivity index (χ1v) is 22.7. The number of alkyl halides is 1. The molecule has 10 atom stereocenters. The fourth-order valence-corrected chi connectivity index (χ4v) is 15.9. The van der Waals surface area contributed by atoms with E-state index in [0.717, 1.165) is 51.9 Å². The number of aliphatic carboxylic acids is 1. The van der Waals surface area contributed by atoms with Crippen molar-refractivity contribution in [1.82, 2.24) is 10.2 Å². The standard InChI is InChI=1S/C45H71FN2O4S/c1-30(2)33-12-21-45(47-26-29-48-27-15-32(16-28-48)53(51)52)23-22-42(6)35(38(33)45)8-9-37-41(5)17-13-34(40(3,4)36(41)14-18-43(37,42)7)31-10-19-44(20-11-31,24-25-46)39(49)50/h10,13,32-33,35-38,47,53H,1,8-9,11-12,14-29H2,2-7H3,(H,49,50)/t33-,35+,36-,37+,38+,41-,42+,43+,44+,45-/m0/s1. The summed E-state index contributed by atoms with van der Waals surface area (Å²) in [6, 6.07) is 0. The third-order valence-corrected chi connectivity index (χ3v) is 19.5. The number of carboxylic acid groups (broad SMARTS) is 1. The Balaban J connectivity index is 1.11. The van der Waals surface area contributed by atoms with Crippen LogP contribution in [0.25, 0.3) is 0 Å². The van der Waals surface area contributed by atoms with E-state index in [-0.39, 0.29) is 38.9 Å². The summed E-state index contributed by atoms with van der Waals surface area (Å²) in [7, 11) is -2.31. The number of rotatable bonds is 10. The number of nitrogens with one attached hydrogen (secondary N) is 1. The zero-order valence-electron chi connectivity index (χ0n) is 33.9. The fraction of sp³-hybridized carbons (Fsp3) is 0.844. The highest BCUT2D eigenvalue weighted by molar-refractivity contribution is 7.73. The molecule has 6 nitrogen and oxygen atoms in total. The summed E-state index contributed by atoms with van der Waals surface area (Å²) in [5.41, 5.74) is 4.09. The van der Waals surface area contributed by atoms with Gasteiger partial charge in [-0.25, -0.2) is 8.42 Å². The average molecular weight is 755 g/mol. The van der Waals surface area contributed by atoms with Crippen LogP contribution < -0.4 is 5.32 Å². The number of nitrogens with zero attached hydrogens (tertiary/aromatic N) is 1. The number of thiol groups is 1. The normalized spacial score (nSPS) is 44.3. The number of hydrogen-bond donors (Lipinski definition) is 3. The van der Waals surface area contributed by atoms with Gasteiger partial charge < -0.3 is 15.3 Å². The highest BCUT2D eigenvalue weighted by atomic mass is 32.2. The SMILES string of the molecule is C=C(C)[C@@H]1CC[C@]2(NCCN3CCC([SH](=O)=O)CC3)CC[C@]3(C)[C@H](CC[C@@H]4[C@@]5(C)CC=C(C6=CC[C@@](CCF)(C(=O)O)CC6)C(C)(C)[C@@H]5CC[C@]43C)[C@@H]12. The van der Waals surface area contributed by atoms with Gasteiger partial charge >= 0.3 is 5.97 Å². The third-order valence-electron chi connectivity index (χ3n) is 18.4. The Morgan fingerprint density at radius 3 is 2.28 bits per heavy atom. The van der Waals surface area contributed by atoms with Gasteiger partial charge in [-0.05, 0) is 179 Å². The Bertz CT molecular complexity index is 1590. The van der Waals surface area contributed by atoms with E-state index < -0.39 is 28.8 Å². The molecule has 0 spiro atoms. The number of carboxylic acids is 1. The first-order chi connectivity index (χ1) is 25.0. The van der Waals surface area contributed by atoms with Crippen LogP contribution in [-0.2, 0) is 15.5 Å². The maximum atomic E-state index is 13.4. The Labute approximate surface area is 322 Å². The lowest BCUT2D eigenvalue weighted by atomic mass is 9.33. The zero-order chi connectivity index (χ0) is 38.2. The quantitative estimate of drug-likeness (QED) is 0.152. The largest absolute Gasteiger partial charge is 0.481 e. The topological polar surface area (TPSA) is 86.7 Å². The Hall–Kier alpha value is -1.51. The van der Waals surface area contributed by atoms with E-state index in [4.69, 9.17) is 0 Å². The minimum Gasteiger partial charge on any atom is -0.481 e. The van der Waals surface area contributed by atoms with Gasteiger partial charge in [0.2, 0.25) is 0 Å². The molecule has 2 N–H and O–H groups in total. The van der Waals surface area contributed by atoms with Gasteiger partial charge in [-0.15, -0.1) is 0 Å². The van der Waals surface area contributed by atoms with Gasteiger partial charge in [-0.2, -0.15) is 0 Å². The highest BCUT2D eigenvalue weighted by Crippen LogP contribution is 2.76. The van der Waals surface area contributed by atoms with Crippen LogP contribution in [0.4, 0.5) is 4.39 Å². The molecule has 0 bridgehead atoms. The molecule has 0 aromatic heterocycles. The maximum absolute atomic E-state index is 13.4. The summed E-state index contributed by atoms with van der Waals surface area (Å²) >= 11 is 0. The molecule has 4 saturated carbocycles. The molecule has 5 fully saturated rings. The molecule has 7 rings (SSSR count). The number of allylic oxidation sites excluding steroid dienone is 5. The fourth-order valence-electron chi connectivity index (χ4n) is 15.3. The van der Waals surface area contributed by atoms with Crippen molar-refractivity contribution in [2.45, 2.75) is 149 Å². The van der Waals surface area contributed by atoms with E-state index in [9.17, 15) is 22.7 Å². The molecule has 1 aliphatic heterocycles. The van der Waals surface area contributed by atoms with Crippen molar-refractivity contribution in [2.75, 3.05) is 32.9 Å². The lowest BCUT2D eigenvalue weighted by Crippen LogP contribution is -2.68. The van der Waals surface area contributed by atoms with Gasteiger partial charge in [-0.1, -0.05) is 58.9 Å². The van der Waals surface area contributed by atoms with Gasteiger partial charge in [0.1, 0.15) is 10.7 Å². The lowest BCUT2D eigenvalue weighted by Gasteiger charge is -2.72. The second-order valence-corrected chi connectivity index (χ2v) is 21.9. The second-order valence-electron chi connectivity index (χ2n) is 20.6. The molecular weight excluding hydrogens is 684 g/mol. The number of likely N-dealkylation sites (tertiary alicyclic amines) is 1. The minimum absolute atomic E-state index is 0.00518. The van der Waals surface area contributed by atoms with E-state index in [0.29, 0.717) is 42.4 Å². The summed E-state index contributed by atoms with van der Waals surface area (Å²) in [6.45, 7) is 23.1. The lowest BCUT2D eigenvalue weighted by molar-refractivity contribution is -0.221. The van der Waals surface area contributed by atoms with Crippen molar-refractivity contribution in [3.8, 4) is 0 Å². The molecule has 0 aromatic carbocycles. The van der Waals surface area contributed by atoms with Gasteiger partial charge in [0.05, 0.1) is 17.3 Å². The highest BCUT2D eigenvalue weighted by Gasteiger charge is 2.70. The van der Waals surface area contributed by atoms with E-state index in [1.165, 1.54) is 68.1 Å². The van der Waals surface area contributed by atoms with Crippen molar-refractivity contribution in [3.05, 3.63) is 35.5 Å². The van der Waals surface area contributed by atoms with Gasteiger partial charge in [-0.3, -0.25) is 9.18 Å². The molecule has 1 heterocycles. The molecule has 0 unspecified atom stereocenters. The van der Waals surface area contributed by atoms with Crippen molar-refractivity contribution in [2.24, 2.45) is 56.7 Å². The van der Waals surface area contributed by atoms with Gasteiger partial charge in [0.15, 0.2) is 0 Å². The smallest absolute Gasteiger partial charge is 0.310 e. The van der Waals surface area contributed by atoms with Crippen LogP contribution in [0.2, 0.25) is 0 Å². The molecule has 0 radical (unpaired) electrons. The molecule has 0 aromatic rings. The van der Waals surface area contributed by atoms with Crippen LogP contribution in [0.1, 0.15) is 138 Å². The number of halogens is 1. The minimum atomic E-state index is -2.31. The van der Waals surface area contributed by atoms with E-state index in [2.05, 4.69) is 70.5 Å². The van der Waals surface area contributed by atoms with Crippen LogP contribution in [0, 0.1) is 56.7 Å². The van der Waals surface area contributed by atoms with Crippen molar-refractivity contribution in [1.29, 1.82) is 0 Å². The summed E-state index contributed by atoms with van der Waals surface area (Å²) in [5, 5.41) is 14.1. The van der Waals surface area contributed by atoms with Gasteiger partial charge in [0, 0.05) is 18.6 Å². The molecule has 298 valence electrons. The summed E-state index contributed by atoms with van der Waals surface area (Å²) in [5.74, 6) is 2.24.